The first kappa shape index (κ1) is 11.0. The van der Waals surface area contributed by atoms with Crippen molar-refractivity contribution < 1.29 is 4.79 Å². The van der Waals surface area contributed by atoms with Crippen molar-refractivity contribution in [2.24, 2.45) is 0 Å². The molecule has 4 heteroatoms. The largest absolute Gasteiger partial charge is 0.357 e. The van der Waals surface area contributed by atoms with Gasteiger partial charge in [0, 0.05) is 25.8 Å². The monoisotopic (exact) mass is 241 g/mol. The van der Waals surface area contributed by atoms with E-state index in [0.717, 1.165) is 18.7 Å². The predicted molar refractivity (Wildman–Crippen MR) is 68.9 cm³/mol. The fourth-order valence-corrected chi connectivity index (χ4v) is 2.21. The van der Waals surface area contributed by atoms with E-state index < -0.39 is 0 Å². The van der Waals surface area contributed by atoms with Crippen LogP contribution in [0.15, 0.2) is 36.5 Å². The number of H-pyrrole nitrogens is 1. The second-order valence-electron chi connectivity index (χ2n) is 4.47. The van der Waals surface area contributed by atoms with E-state index in [2.05, 4.69) is 33.8 Å². The highest BCUT2D eigenvalue weighted by molar-refractivity contribution is 5.92. The Balaban J connectivity index is 1.65. The number of benzene rings is 1. The van der Waals surface area contributed by atoms with Gasteiger partial charge in [-0.05, 0) is 28.8 Å². The molecule has 4 nitrogen and oxygen atoms in total. The first-order chi connectivity index (χ1) is 8.83. The van der Waals surface area contributed by atoms with Crippen LogP contribution in [0.3, 0.4) is 0 Å². The Hall–Kier alpha value is -2.07. The molecule has 92 valence electrons. The number of hydrogen-bond acceptors (Lipinski definition) is 2. The van der Waals surface area contributed by atoms with Crippen molar-refractivity contribution in [3.05, 3.63) is 58.9 Å². The summed E-state index contributed by atoms with van der Waals surface area (Å²) >= 11 is 0. The van der Waals surface area contributed by atoms with Crippen LogP contribution in [0.4, 0.5) is 0 Å². The molecule has 1 amide bonds. The van der Waals surface area contributed by atoms with Crippen LogP contribution in [-0.4, -0.2) is 10.9 Å². The van der Waals surface area contributed by atoms with Crippen molar-refractivity contribution in [1.82, 2.24) is 15.6 Å². The lowest BCUT2D eigenvalue weighted by Crippen LogP contribution is -2.23. The molecule has 0 aliphatic carbocycles. The maximum Gasteiger partial charge on any atom is 0.267 e. The summed E-state index contributed by atoms with van der Waals surface area (Å²) in [6.45, 7) is 2.43. The molecule has 18 heavy (non-hydrogen) atoms. The molecule has 3 N–H and O–H groups in total. The van der Waals surface area contributed by atoms with E-state index in [9.17, 15) is 4.79 Å². The number of aromatic nitrogens is 1. The number of nitrogens with one attached hydrogen (secondary N) is 3. The van der Waals surface area contributed by atoms with Crippen molar-refractivity contribution in [3.63, 3.8) is 0 Å². The molecule has 3 rings (SSSR count). The summed E-state index contributed by atoms with van der Waals surface area (Å²) in [7, 11) is 0. The number of fused-ring (bicyclic) bond motifs is 1. The molecule has 1 aliphatic rings. The van der Waals surface area contributed by atoms with Crippen molar-refractivity contribution in [1.29, 1.82) is 0 Å². The molecule has 0 bridgehead atoms. The first-order valence-corrected chi connectivity index (χ1v) is 6.06. The van der Waals surface area contributed by atoms with Gasteiger partial charge in [0.1, 0.15) is 5.69 Å². The summed E-state index contributed by atoms with van der Waals surface area (Å²) in [5.41, 5.74) is 4.42. The van der Waals surface area contributed by atoms with Crippen molar-refractivity contribution in [3.8, 4) is 0 Å². The van der Waals surface area contributed by atoms with E-state index in [0.29, 0.717) is 12.2 Å². The van der Waals surface area contributed by atoms with Crippen LogP contribution >= 0.6 is 0 Å². The normalized spacial score (nSPS) is 13.3. The van der Waals surface area contributed by atoms with Crippen LogP contribution in [0.2, 0.25) is 0 Å². The van der Waals surface area contributed by atoms with Crippen LogP contribution in [0.5, 0.6) is 0 Å². The Morgan fingerprint density at radius 1 is 1.22 bits per heavy atom. The summed E-state index contributed by atoms with van der Waals surface area (Å²) in [6.07, 6.45) is 1.75. The van der Waals surface area contributed by atoms with Crippen LogP contribution in [0.25, 0.3) is 0 Å². The molecule has 1 aromatic heterocycles. The topological polar surface area (TPSA) is 56.9 Å². The van der Waals surface area contributed by atoms with Crippen LogP contribution in [-0.2, 0) is 19.6 Å². The molecule has 0 fully saturated rings. The van der Waals surface area contributed by atoms with E-state index in [1.165, 1.54) is 11.1 Å². The Kier molecular flexibility index (Phi) is 2.86. The van der Waals surface area contributed by atoms with E-state index in [-0.39, 0.29) is 5.91 Å². The molecular formula is C14H15N3O. The van der Waals surface area contributed by atoms with Gasteiger partial charge in [0.15, 0.2) is 0 Å². The quantitative estimate of drug-likeness (QED) is 0.763. The highest BCUT2D eigenvalue weighted by Gasteiger charge is 2.10. The van der Waals surface area contributed by atoms with Crippen LogP contribution in [0.1, 0.15) is 27.2 Å². The minimum atomic E-state index is -0.0707. The molecule has 0 atom stereocenters. The van der Waals surface area contributed by atoms with Crippen LogP contribution < -0.4 is 10.6 Å². The highest BCUT2D eigenvalue weighted by atomic mass is 16.1. The van der Waals surface area contributed by atoms with Gasteiger partial charge >= 0.3 is 0 Å². The second kappa shape index (κ2) is 4.66. The fourth-order valence-electron chi connectivity index (χ4n) is 2.21. The Morgan fingerprint density at radius 3 is 2.94 bits per heavy atom. The lowest BCUT2D eigenvalue weighted by Gasteiger charge is -2.06. The van der Waals surface area contributed by atoms with Gasteiger partial charge in [0.2, 0.25) is 0 Å². The molecule has 2 aromatic rings. The average molecular weight is 241 g/mol. The Labute approximate surface area is 105 Å². The lowest BCUT2D eigenvalue weighted by molar-refractivity contribution is 0.0946. The van der Waals surface area contributed by atoms with Crippen molar-refractivity contribution in [2.75, 3.05) is 0 Å². The number of rotatable bonds is 3. The van der Waals surface area contributed by atoms with Gasteiger partial charge < -0.3 is 15.6 Å². The van der Waals surface area contributed by atoms with Gasteiger partial charge in [0.05, 0.1) is 0 Å². The number of hydrogen-bond donors (Lipinski definition) is 3. The van der Waals surface area contributed by atoms with Gasteiger partial charge in [0.25, 0.3) is 5.91 Å². The summed E-state index contributed by atoms with van der Waals surface area (Å²) in [6, 6.07) is 9.94. The number of aromatic amines is 1. The summed E-state index contributed by atoms with van der Waals surface area (Å²) in [5.74, 6) is -0.0707. The maximum atomic E-state index is 11.8. The lowest BCUT2D eigenvalue weighted by atomic mass is 10.1. The fraction of sp³-hybridized carbons (Fsp3) is 0.214. The summed E-state index contributed by atoms with van der Waals surface area (Å²) in [4.78, 5) is 14.7. The SMILES string of the molecule is O=C(NCc1ccc2c(c1)CNC2)c1ccc[nH]1. The molecule has 1 aromatic carbocycles. The Morgan fingerprint density at radius 2 is 2.11 bits per heavy atom. The predicted octanol–water partition coefficient (Wildman–Crippen LogP) is 1.55. The molecule has 2 heterocycles. The molecule has 0 saturated carbocycles. The Bertz CT molecular complexity index is 560. The summed E-state index contributed by atoms with van der Waals surface area (Å²) in [5, 5.41) is 6.21. The van der Waals surface area contributed by atoms with E-state index in [1.807, 2.05) is 6.07 Å². The zero-order chi connectivity index (χ0) is 12.4. The van der Waals surface area contributed by atoms with Gasteiger partial charge in [-0.2, -0.15) is 0 Å². The molecule has 0 unspecified atom stereocenters. The summed E-state index contributed by atoms with van der Waals surface area (Å²) < 4.78 is 0. The molecule has 1 aliphatic heterocycles. The third-order valence-electron chi connectivity index (χ3n) is 3.20. The standard InChI is InChI=1S/C14H15N3O/c18-14(13-2-1-5-16-13)17-7-10-3-4-11-8-15-9-12(11)6-10/h1-6,15-16H,7-9H2,(H,17,18). The zero-order valence-electron chi connectivity index (χ0n) is 9.99. The second-order valence-corrected chi connectivity index (χ2v) is 4.47. The van der Waals surface area contributed by atoms with Gasteiger partial charge in [-0.3, -0.25) is 4.79 Å². The molecular weight excluding hydrogens is 226 g/mol. The molecule has 0 saturated heterocycles. The maximum absolute atomic E-state index is 11.8. The van der Waals surface area contributed by atoms with E-state index in [4.69, 9.17) is 0 Å². The highest BCUT2D eigenvalue weighted by Crippen LogP contribution is 2.16. The minimum absolute atomic E-state index is 0.0707. The molecule has 0 spiro atoms. The van der Waals surface area contributed by atoms with Gasteiger partial charge in [-0.25, -0.2) is 0 Å². The third kappa shape index (κ3) is 2.15. The van der Waals surface area contributed by atoms with Crippen LogP contribution in [0, 0.1) is 0 Å². The third-order valence-corrected chi connectivity index (χ3v) is 3.20. The van der Waals surface area contributed by atoms with Gasteiger partial charge in [-0.1, -0.05) is 18.2 Å². The zero-order valence-corrected chi connectivity index (χ0v) is 9.99. The number of carbonyl (C=O) groups is 1. The first-order valence-electron chi connectivity index (χ1n) is 6.06. The van der Waals surface area contributed by atoms with Crippen molar-refractivity contribution in [2.45, 2.75) is 19.6 Å². The average Bonchev–Trinajstić information content (AvgIpc) is 3.05. The molecule has 0 radical (unpaired) electrons. The number of amides is 1. The number of carbonyl (C=O) groups excluding carboxylic acids is 1. The van der Waals surface area contributed by atoms with E-state index >= 15 is 0 Å². The van der Waals surface area contributed by atoms with Gasteiger partial charge in [-0.15, -0.1) is 0 Å². The van der Waals surface area contributed by atoms with E-state index in [1.54, 1.807) is 12.3 Å². The van der Waals surface area contributed by atoms with Crippen molar-refractivity contribution >= 4 is 5.91 Å². The minimum Gasteiger partial charge on any atom is -0.357 e. The smallest absolute Gasteiger partial charge is 0.267 e.